The van der Waals surface area contributed by atoms with E-state index in [0.717, 1.165) is 51.1 Å². The van der Waals surface area contributed by atoms with Crippen molar-refractivity contribution in [2.45, 2.75) is 28.9 Å². The smallest absolute Gasteiger partial charge is 0.325 e. The standard InChI is InChI=1S/C27H17ClF3N3O4S3/c28-14-6-8-15(9-7-14)32-18(35)12-33-25-22(41-26(33)38)19(17-5-2-10-39-17)20-21(40-25)24(37)34(23(20)36)16-4-1-3-13(11-16)27(29,30)31/h1-11,19-21H,12H2,(H,32,35)/t19-,20+,21-/m0/s1. The number of anilines is 2. The fourth-order valence-electron chi connectivity index (χ4n) is 4.98. The lowest BCUT2D eigenvalue weighted by molar-refractivity contribution is -0.137. The van der Waals surface area contributed by atoms with Gasteiger partial charge in [-0.25, -0.2) is 4.90 Å². The van der Waals surface area contributed by atoms with Gasteiger partial charge in [-0.3, -0.25) is 23.7 Å². The largest absolute Gasteiger partial charge is 0.416 e. The number of imide groups is 1. The van der Waals surface area contributed by atoms with Crippen LogP contribution in [0, 0.1) is 5.92 Å². The van der Waals surface area contributed by atoms with E-state index >= 15 is 0 Å². The van der Waals surface area contributed by atoms with Crippen LogP contribution in [0.2, 0.25) is 5.02 Å². The molecule has 210 valence electrons. The highest BCUT2D eigenvalue weighted by molar-refractivity contribution is 8.00. The number of carbonyl (C=O) groups excluding carboxylic acids is 3. The van der Waals surface area contributed by atoms with Gasteiger partial charge in [0.2, 0.25) is 17.7 Å². The van der Waals surface area contributed by atoms with Crippen molar-refractivity contribution in [1.29, 1.82) is 0 Å². The minimum atomic E-state index is -4.66. The lowest BCUT2D eigenvalue weighted by Gasteiger charge is -2.29. The molecular weight excluding hydrogens is 619 g/mol. The summed E-state index contributed by atoms with van der Waals surface area (Å²) in [5.41, 5.74) is -0.667. The number of nitrogens with one attached hydrogen (secondary N) is 1. The van der Waals surface area contributed by atoms with Gasteiger partial charge in [0, 0.05) is 26.4 Å². The molecule has 2 aromatic carbocycles. The molecule has 3 atom stereocenters. The van der Waals surface area contributed by atoms with Crippen LogP contribution < -0.4 is 15.1 Å². The Kier molecular flexibility index (Phi) is 7.09. The zero-order valence-corrected chi connectivity index (χ0v) is 23.8. The summed E-state index contributed by atoms with van der Waals surface area (Å²) in [5.74, 6) is -3.41. The molecule has 0 spiro atoms. The third-order valence-corrected chi connectivity index (χ3v) is 10.6. The van der Waals surface area contributed by atoms with Crippen molar-refractivity contribution in [3.8, 4) is 0 Å². The van der Waals surface area contributed by atoms with Gasteiger partial charge in [0.15, 0.2) is 0 Å². The zero-order chi connectivity index (χ0) is 29.1. The fourth-order valence-corrected chi connectivity index (χ4v) is 8.83. The molecule has 14 heteroatoms. The van der Waals surface area contributed by atoms with Crippen molar-refractivity contribution in [1.82, 2.24) is 4.57 Å². The second-order valence-electron chi connectivity index (χ2n) is 9.30. The second kappa shape index (κ2) is 10.5. The van der Waals surface area contributed by atoms with Crippen LogP contribution in [0.3, 0.4) is 0 Å². The molecule has 6 rings (SSSR count). The number of halogens is 4. The third-order valence-electron chi connectivity index (χ3n) is 6.76. The number of carbonyl (C=O) groups is 3. The number of nitrogens with zero attached hydrogens (tertiary/aromatic N) is 2. The summed E-state index contributed by atoms with van der Waals surface area (Å²) in [7, 11) is 0. The van der Waals surface area contributed by atoms with Gasteiger partial charge in [-0.1, -0.05) is 46.8 Å². The Morgan fingerprint density at radius 2 is 1.76 bits per heavy atom. The van der Waals surface area contributed by atoms with Crippen molar-refractivity contribution in [2.75, 3.05) is 10.2 Å². The van der Waals surface area contributed by atoms with Crippen LogP contribution in [0.4, 0.5) is 24.5 Å². The lowest BCUT2D eigenvalue weighted by Crippen LogP contribution is -2.32. The summed E-state index contributed by atoms with van der Waals surface area (Å²) in [6.07, 6.45) is -4.66. The van der Waals surface area contributed by atoms with Crippen LogP contribution in [0.25, 0.3) is 0 Å². The van der Waals surface area contributed by atoms with E-state index in [2.05, 4.69) is 5.32 Å². The molecule has 2 aromatic heterocycles. The lowest BCUT2D eigenvalue weighted by atomic mass is 9.87. The number of alkyl halides is 3. The Morgan fingerprint density at radius 1 is 1.00 bits per heavy atom. The first kappa shape index (κ1) is 27.8. The molecule has 1 saturated heterocycles. The van der Waals surface area contributed by atoms with Gasteiger partial charge in [-0.2, -0.15) is 13.2 Å². The summed E-state index contributed by atoms with van der Waals surface area (Å²) in [6, 6.07) is 14.1. The number of thiophene rings is 1. The molecule has 2 aliphatic rings. The van der Waals surface area contributed by atoms with Crippen LogP contribution in [0.1, 0.15) is 21.2 Å². The zero-order valence-electron chi connectivity index (χ0n) is 20.6. The predicted molar refractivity (Wildman–Crippen MR) is 152 cm³/mol. The van der Waals surface area contributed by atoms with Crippen molar-refractivity contribution in [3.05, 3.63) is 96.1 Å². The number of benzene rings is 2. The van der Waals surface area contributed by atoms with Gasteiger partial charge < -0.3 is 5.32 Å². The fraction of sp³-hybridized carbons (Fsp3) is 0.185. The minimum absolute atomic E-state index is 0.169. The van der Waals surface area contributed by atoms with Gasteiger partial charge >= 0.3 is 11.0 Å². The first-order valence-electron chi connectivity index (χ1n) is 12.1. The van der Waals surface area contributed by atoms with Gasteiger partial charge in [-0.15, -0.1) is 11.3 Å². The topological polar surface area (TPSA) is 88.5 Å². The van der Waals surface area contributed by atoms with E-state index < -0.39 is 51.4 Å². The molecule has 7 nitrogen and oxygen atoms in total. The highest BCUT2D eigenvalue weighted by atomic mass is 35.5. The van der Waals surface area contributed by atoms with Gasteiger partial charge in [0.1, 0.15) is 11.8 Å². The SMILES string of the molecule is O=C(Cn1c2c(sc1=O)[C@@H](c1cccs1)[C@H]1C(=O)N(c3cccc(C(F)(F)F)c3)C(=O)[C@H]1S2)Nc1ccc(Cl)cc1. The summed E-state index contributed by atoms with van der Waals surface area (Å²) < 4.78 is 41.5. The van der Waals surface area contributed by atoms with E-state index in [-0.39, 0.29) is 12.2 Å². The highest BCUT2D eigenvalue weighted by Crippen LogP contribution is 2.54. The Hall–Kier alpha value is -3.39. The van der Waals surface area contributed by atoms with Crippen molar-refractivity contribution in [3.63, 3.8) is 0 Å². The number of thioether (sulfide) groups is 1. The number of hydrogen-bond acceptors (Lipinski definition) is 7. The number of rotatable bonds is 5. The molecule has 4 heterocycles. The normalized spacial score (nSPS) is 20.2. The Morgan fingerprint density at radius 3 is 2.44 bits per heavy atom. The van der Waals surface area contributed by atoms with Crippen LogP contribution >= 0.6 is 46.0 Å². The molecule has 0 unspecified atom stereocenters. The Balaban J connectivity index is 1.38. The van der Waals surface area contributed by atoms with E-state index in [1.54, 1.807) is 41.8 Å². The van der Waals surface area contributed by atoms with E-state index in [0.29, 0.717) is 20.6 Å². The molecule has 0 bridgehead atoms. The summed E-state index contributed by atoms with van der Waals surface area (Å²) in [5, 5.41) is 4.39. The van der Waals surface area contributed by atoms with Crippen LogP contribution in [-0.2, 0) is 27.1 Å². The maximum Gasteiger partial charge on any atom is 0.416 e. The molecule has 1 fully saturated rings. The molecule has 0 radical (unpaired) electrons. The van der Waals surface area contributed by atoms with Crippen molar-refractivity contribution < 1.29 is 27.6 Å². The number of hydrogen-bond donors (Lipinski definition) is 1. The molecule has 0 aliphatic carbocycles. The molecule has 41 heavy (non-hydrogen) atoms. The molecule has 3 amide bonds. The van der Waals surface area contributed by atoms with Crippen LogP contribution in [0.5, 0.6) is 0 Å². The molecule has 4 aromatic rings. The Labute approximate surface area is 247 Å². The van der Waals surface area contributed by atoms with E-state index in [1.807, 2.05) is 0 Å². The molecule has 0 saturated carbocycles. The maximum atomic E-state index is 13.8. The number of amides is 3. The van der Waals surface area contributed by atoms with Crippen molar-refractivity contribution >= 4 is 75.1 Å². The molecular formula is C27H17ClF3N3O4S3. The van der Waals surface area contributed by atoms with Crippen LogP contribution in [-0.4, -0.2) is 27.5 Å². The van der Waals surface area contributed by atoms with Crippen LogP contribution in [0.15, 0.2) is 75.9 Å². The predicted octanol–water partition coefficient (Wildman–Crippen LogP) is 6.08. The summed E-state index contributed by atoms with van der Waals surface area (Å²) in [4.78, 5) is 55.1. The molecule has 2 aliphatic heterocycles. The summed E-state index contributed by atoms with van der Waals surface area (Å²) >= 11 is 9.13. The minimum Gasteiger partial charge on any atom is -0.325 e. The first-order chi connectivity index (χ1) is 19.5. The van der Waals surface area contributed by atoms with Crippen molar-refractivity contribution in [2.24, 2.45) is 5.92 Å². The number of fused-ring (bicyclic) bond motifs is 2. The number of thiazole rings is 1. The second-order valence-corrected chi connectivity index (χ2v) is 12.8. The van der Waals surface area contributed by atoms with Gasteiger partial charge in [0.25, 0.3) is 0 Å². The highest BCUT2D eigenvalue weighted by Gasteiger charge is 2.57. The van der Waals surface area contributed by atoms with Gasteiger partial charge in [0.05, 0.1) is 22.2 Å². The molecule has 1 N–H and O–H groups in total. The average molecular weight is 636 g/mol. The average Bonchev–Trinajstić information content (AvgIpc) is 3.62. The Bertz CT molecular complexity index is 1730. The van der Waals surface area contributed by atoms with E-state index in [4.69, 9.17) is 11.6 Å². The monoisotopic (exact) mass is 635 g/mol. The first-order valence-corrected chi connectivity index (χ1v) is 15.0. The quantitative estimate of drug-likeness (QED) is 0.269. The third kappa shape index (κ3) is 5.00. The summed E-state index contributed by atoms with van der Waals surface area (Å²) in [6.45, 7) is -0.339. The number of aromatic nitrogens is 1. The van der Waals surface area contributed by atoms with Gasteiger partial charge in [-0.05, 0) is 53.9 Å². The van der Waals surface area contributed by atoms with E-state index in [9.17, 15) is 32.3 Å². The maximum absolute atomic E-state index is 13.8. The van der Waals surface area contributed by atoms with E-state index in [1.165, 1.54) is 22.0 Å².